The van der Waals surface area contributed by atoms with Crippen molar-refractivity contribution in [1.82, 2.24) is 9.78 Å². The SMILES string of the molecule is N#Cc1cccc(-c2nn(-c3ccccc3Cl)cc2N)c1. The van der Waals surface area contributed by atoms with Gasteiger partial charge in [0.1, 0.15) is 5.69 Å². The van der Waals surface area contributed by atoms with Gasteiger partial charge in [-0.3, -0.25) is 0 Å². The van der Waals surface area contributed by atoms with Gasteiger partial charge in [0.05, 0.1) is 34.2 Å². The smallest absolute Gasteiger partial charge is 0.116 e. The molecule has 0 bridgehead atoms. The molecule has 0 spiro atoms. The van der Waals surface area contributed by atoms with Gasteiger partial charge in [0.15, 0.2) is 0 Å². The molecule has 0 saturated carbocycles. The quantitative estimate of drug-likeness (QED) is 0.784. The number of rotatable bonds is 2. The summed E-state index contributed by atoms with van der Waals surface area (Å²) in [6.07, 6.45) is 1.72. The summed E-state index contributed by atoms with van der Waals surface area (Å²) in [4.78, 5) is 0. The van der Waals surface area contributed by atoms with Crippen LogP contribution in [-0.4, -0.2) is 9.78 Å². The zero-order chi connectivity index (χ0) is 14.8. The molecular formula is C16H11ClN4. The monoisotopic (exact) mass is 294 g/mol. The van der Waals surface area contributed by atoms with E-state index in [0.717, 1.165) is 11.3 Å². The summed E-state index contributed by atoms with van der Waals surface area (Å²) in [5, 5.41) is 14.1. The first-order valence-corrected chi connectivity index (χ1v) is 6.67. The van der Waals surface area contributed by atoms with Crippen molar-refractivity contribution in [2.24, 2.45) is 0 Å². The Balaban J connectivity index is 2.10. The van der Waals surface area contributed by atoms with Gasteiger partial charge in [-0.1, -0.05) is 35.9 Å². The van der Waals surface area contributed by atoms with Gasteiger partial charge in [0, 0.05) is 5.56 Å². The number of benzene rings is 2. The molecule has 0 unspecified atom stereocenters. The van der Waals surface area contributed by atoms with Crippen molar-refractivity contribution in [2.75, 3.05) is 5.73 Å². The van der Waals surface area contributed by atoms with Crippen molar-refractivity contribution < 1.29 is 0 Å². The molecule has 0 saturated heterocycles. The van der Waals surface area contributed by atoms with Gasteiger partial charge in [0.2, 0.25) is 0 Å². The lowest BCUT2D eigenvalue weighted by Crippen LogP contribution is -1.95. The molecule has 0 fully saturated rings. The Labute approximate surface area is 127 Å². The first-order chi connectivity index (χ1) is 10.2. The van der Waals surface area contributed by atoms with E-state index in [1.54, 1.807) is 29.1 Å². The van der Waals surface area contributed by atoms with E-state index in [0.29, 0.717) is 22.0 Å². The Morgan fingerprint density at radius 3 is 2.71 bits per heavy atom. The largest absolute Gasteiger partial charge is 0.396 e. The number of nitrogens with two attached hydrogens (primary N) is 1. The summed E-state index contributed by atoms with van der Waals surface area (Å²) in [5.74, 6) is 0. The van der Waals surface area contributed by atoms with Crippen LogP contribution in [0, 0.1) is 11.3 Å². The molecule has 3 aromatic rings. The topological polar surface area (TPSA) is 67.6 Å². The second-order valence-corrected chi connectivity index (χ2v) is 4.93. The van der Waals surface area contributed by atoms with Gasteiger partial charge in [-0.05, 0) is 24.3 Å². The number of nitrogen functional groups attached to an aromatic ring is 1. The van der Waals surface area contributed by atoms with Gasteiger partial charge in [0.25, 0.3) is 0 Å². The Hall–Kier alpha value is -2.77. The number of anilines is 1. The number of halogens is 1. The Morgan fingerprint density at radius 1 is 1.14 bits per heavy atom. The van der Waals surface area contributed by atoms with Crippen LogP contribution in [0.5, 0.6) is 0 Å². The van der Waals surface area contributed by atoms with Crippen LogP contribution >= 0.6 is 11.6 Å². The standard InChI is InChI=1S/C16H11ClN4/c17-13-6-1-2-7-15(13)21-10-14(19)16(20-21)12-5-3-4-11(8-12)9-18/h1-8,10H,19H2. The van der Waals surface area contributed by atoms with Gasteiger partial charge in [-0.15, -0.1) is 0 Å². The molecule has 3 rings (SSSR count). The molecule has 102 valence electrons. The molecule has 0 atom stereocenters. The van der Waals surface area contributed by atoms with E-state index in [9.17, 15) is 0 Å². The lowest BCUT2D eigenvalue weighted by molar-refractivity contribution is 0.885. The fourth-order valence-corrected chi connectivity index (χ4v) is 2.33. The summed E-state index contributed by atoms with van der Waals surface area (Å²) in [6.45, 7) is 0. The van der Waals surface area contributed by atoms with Crippen LogP contribution in [0.25, 0.3) is 16.9 Å². The number of aromatic nitrogens is 2. The second kappa shape index (κ2) is 5.31. The second-order valence-electron chi connectivity index (χ2n) is 4.52. The molecule has 0 radical (unpaired) electrons. The third kappa shape index (κ3) is 2.47. The molecule has 0 aliphatic rings. The molecule has 2 aromatic carbocycles. The first-order valence-electron chi connectivity index (χ1n) is 6.29. The maximum absolute atomic E-state index is 8.97. The molecule has 2 N–H and O–H groups in total. The zero-order valence-corrected chi connectivity index (χ0v) is 11.7. The molecule has 0 amide bonds. The summed E-state index contributed by atoms with van der Waals surface area (Å²) in [5.41, 5.74) is 9.34. The highest BCUT2D eigenvalue weighted by Gasteiger charge is 2.11. The maximum atomic E-state index is 8.97. The van der Waals surface area contributed by atoms with Crippen LogP contribution < -0.4 is 5.73 Å². The predicted molar refractivity (Wildman–Crippen MR) is 83.1 cm³/mol. The molecule has 21 heavy (non-hydrogen) atoms. The molecule has 5 heteroatoms. The van der Waals surface area contributed by atoms with Crippen molar-refractivity contribution in [2.45, 2.75) is 0 Å². The van der Waals surface area contributed by atoms with Crippen LogP contribution in [0.2, 0.25) is 5.02 Å². The van der Waals surface area contributed by atoms with Crippen molar-refractivity contribution in [1.29, 1.82) is 5.26 Å². The predicted octanol–water partition coefficient (Wildman–Crippen LogP) is 3.65. The average Bonchev–Trinajstić information content (AvgIpc) is 2.89. The first kappa shape index (κ1) is 13.2. The molecule has 4 nitrogen and oxygen atoms in total. The fourth-order valence-electron chi connectivity index (χ4n) is 2.11. The number of hydrogen-bond donors (Lipinski definition) is 1. The summed E-state index contributed by atoms with van der Waals surface area (Å²) >= 11 is 6.17. The van der Waals surface area contributed by atoms with E-state index in [-0.39, 0.29) is 0 Å². The zero-order valence-electron chi connectivity index (χ0n) is 11.0. The van der Waals surface area contributed by atoms with Crippen molar-refractivity contribution in [3.05, 3.63) is 65.3 Å². The molecule has 1 heterocycles. The normalized spacial score (nSPS) is 10.3. The minimum atomic E-state index is 0.532. The van der Waals surface area contributed by atoms with Crippen LogP contribution in [0.3, 0.4) is 0 Å². The lowest BCUT2D eigenvalue weighted by Gasteiger charge is -2.03. The van der Waals surface area contributed by atoms with Gasteiger partial charge in [-0.25, -0.2) is 4.68 Å². The van der Waals surface area contributed by atoms with E-state index in [2.05, 4.69) is 11.2 Å². The van der Waals surface area contributed by atoms with Crippen molar-refractivity contribution in [3.63, 3.8) is 0 Å². The number of hydrogen-bond acceptors (Lipinski definition) is 3. The van der Waals surface area contributed by atoms with Gasteiger partial charge >= 0.3 is 0 Å². The Kier molecular flexibility index (Phi) is 3.35. The van der Waals surface area contributed by atoms with E-state index >= 15 is 0 Å². The Morgan fingerprint density at radius 2 is 1.95 bits per heavy atom. The van der Waals surface area contributed by atoms with E-state index < -0.39 is 0 Å². The van der Waals surface area contributed by atoms with E-state index in [4.69, 9.17) is 22.6 Å². The molecule has 0 aliphatic carbocycles. The van der Waals surface area contributed by atoms with Crippen LogP contribution in [0.4, 0.5) is 5.69 Å². The van der Waals surface area contributed by atoms with Crippen LogP contribution in [0.15, 0.2) is 54.7 Å². The van der Waals surface area contributed by atoms with E-state index in [1.165, 1.54) is 0 Å². The highest BCUT2D eigenvalue weighted by atomic mass is 35.5. The number of nitriles is 1. The van der Waals surface area contributed by atoms with Gasteiger partial charge < -0.3 is 5.73 Å². The number of nitrogens with zero attached hydrogens (tertiary/aromatic N) is 3. The summed E-state index contributed by atoms with van der Waals surface area (Å²) < 4.78 is 1.64. The molecular weight excluding hydrogens is 284 g/mol. The van der Waals surface area contributed by atoms with Crippen molar-refractivity contribution >= 4 is 17.3 Å². The Bertz CT molecular complexity index is 845. The van der Waals surface area contributed by atoms with E-state index in [1.807, 2.05) is 30.3 Å². The molecule has 1 aromatic heterocycles. The van der Waals surface area contributed by atoms with Gasteiger partial charge in [-0.2, -0.15) is 10.4 Å². The third-order valence-electron chi connectivity index (χ3n) is 3.11. The lowest BCUT2D eigenvalue weighted by atomic mass is 10.1. The van der Waals surface area contributed by atoms with Crippen LogP contribution in [-0.2, 0) is 0 Å². The maximum Gasteiger partial charge on any atom is 0.116 e. The van der Waals surface area contributed by atoms with Crippen molar-refractivity contribution in [3.8, 4) is 23.0 Å². The van der Waals surface area contributed by atoms with Crippen LogP contribution in [0.1, 0.15) is 5.56 Å². The third-order valence-corrected chi connectivity index (χ3v) is 3.43. The fraction of sp³-hybridized carbons (Fsp3) is 0. The highest BCUT2D eigenvalue weighted by molar-refractivity contribution is 6.32. The minimum Gasteiger partial charge on any atom is -0.396 e. The summed E-state index contributed by atoms with van der Waals surface area (Å²) in [6, 6.07) is 16.7. The highest BCUT2D eigenvalue weighted by Crippen LogP contribution is 2.28. The number of para-hydroxylation sites is 1. The minimum absolute atomic E-state index is 0.532. The summed E-state index contributed by atoms with van der Waals surface area (Å²) in [7, 11) is 0. The average molecular weight is 295 g/mol. The molecule has 0 aliphatic heterocycles.